The van der Waals surface area contributed by atoms with Crippen LogP contribution in [0.15, 0.2) is 24.4 Å². The van der Waals surface area contributed by atoms with E-state index in [2.05, 4.69) is 5.10 Å². The van der Waals surface area contributed by atoms with Crippen LogP contribution in [0.5, 0.6) is 5.75 Å². The summed E-state index contributed by atoms with van der Waals surface area (Å²) in [7, 11) is 1.31. The van der Waals surface area contributed by atoms with Gasteiger partial charge in [-0.3, -0.25) is 19.6 Å². The van der Waals surface area contributed by atoms with Crippen molar-refractivity contribution in [2.24, 2.45) is 0 Å². The first-order valence-corrected chi connectivity index (χ1v) is 6.51. The molecule has 0 radical (unpaired) electrons. The van der Waals surface area contributed by atoms with E-state index in [-0.39, 0.29) is 35.7 Å². The van der Waals surface area contributed by atoms with E-state index in [1.165, 1.54) is 36.2 Å². The number of carbonyl (C=O) groups excluding carboxylic acids is 2. The second kappa shape index (κ2) is 6.69. The molecule has 120 valence electrons. The largest absolute Gasteiger partial charge is 0.550 e. The van der Waals surface area contributed by atoms with Crippen molar-refractivity contribution in [2.45, 2.75) is 13.0 Å². The third-order valence-electron chi connectivity index (χ3n) is 3.11. The van der Waals surface area contributed by atoms with Crippen molar-refractivity contribution in [2.75, 3.05) is 7.11 Å². The molecule has 0 N–H and O–H groups in total. The van der Waals surface area contributed by atoms with E-state index in [4.69, 9.17) is 4.74 Å². The number of aryl methyl sites for hydroxylation is 1. The van der Waals surface area contributed by atoms with Crippen LogP contribution in [0.1, 0.15) is 16.8 Å². The lowest BCUT2D eigenvalue weighted by atomic mass is 10.1. The topological polar surface area (TPSA) is 127 Å². The van der Waals surface area contributed by atoms with Gasteiger partial charge in [0.05, 0.1) is 17.6 Å². The highest BCUT2D eigenvalue weighted by atomic mass is 16.6. The van der Waals surface area contributed by atoms with Crippen molar-refractivity contribution in [3.63, 3.8) is 0 Å². The van der Waals surface area contributed by atoms with Crippen molar-refractivity contribution in [3.8, 4) is 17.0 Å². The molecule has 0 atom stereocenters. The van der Waals surface area contributed by atoms with Crippen LogP contribution in [0.3, 0.4) is 0 Å². The summed E-state index contributed by atoms with van der Waals surface area (Å²) in [5.41, 5.74) is 0.518. The van der Waals surface area contributed by atoms with Crippen molar-refractivity contribution in [1.29, 1.82) is 0 Å². The Labute approximate surface area is 130 Å². The predicted molar refractivity (Wildman–Crippen MR) is 75.9 cm³/mol. The standard InChI is InChI=1S/C14H13N3O6/c1-23-12-3-2-9(6-11(12)17(21)22)14-10(8-18)7-16(15-14)5-4-13(19)20/h2-3,6-8H,4-5H2,1H3,(H,19,20)/p-1. The van der Waals surface area contributed by atoms with Gasteiger partial charge in [0.1, 0.15) is 5.69 Å². The summed E-state index contributed by atoms with van der Waals surface area (Å²) in [6.45, 7) is 0.0292. The number of carboxylic acid groups (broad SMARTS) is 1. The maximum atomic E-state index is 11.2. The zero-order valence-electron chi connectivity index (χ0n) is 12.1. The summed E-state index contributed by atoms with van der Waals surface area (Å²) < 4.78 is 6.20. The van der Waals surface area contributed by atoms with Gasteiger partial charge in [-0.2, -0.15) is 5.10 Å². The van der Waals surface area contributed by atoms with Gasteiger partial charge in [0.15, 0.2) is 12.0 Å². The Balaban J connectivity index is 2.44. The Morgan fingerprint density at radius 2 is 2.22 bits per heavy atom. The minimum Gasteiger partial charge on any atom is -0.550 e. The predicted octanol–water partition coefficient (Wildman–Crippen LogP) is 0.419. The summed E-state index contributed by atoms with van der Waals surface area (Å²) in [5.74, 6) is -1.16. The van der Waals surface area contributed by atoms with Crippen LogP contribution < -0.4 is 9.84 Å². The Morgan fingerprint density at radius 1 is 1.48 bits per heavy atom. The zero-order valence-corrected chi connectivity index (χ0v) is 12.1. The molecule has 0 saturated carbocycles. The lowest BCUT2D eigenvalue weighted by Gasteiger charge is -2.04. The number of nitrogens with zero attached hydrogens (tertiary/aromatic N) is 3. The summed E-state index contributed by atoms with van der Waals surface area (Å²) in [6, 6.07) is 4.18. The van der Waals surface area contributed by atoms with E-state index in [9.17, 15) is 24.8 Å². The number of aliphatic carboxylic acids is 1. The summed E-state index contributed by atoms with van der Waals surface area (Å²) in [4.78, 5) is 32.1. The van der Waals surface area contributed by atoms with E-state index in [0.717, 1.165) is 0 Å². The third-order valence-corrected chi connectivity index (χ3v) is 3.11. The van der Waals surface area contributed by atoms with E-state index < -0.39 is 10.9 Å². The average molecular weight is 318 g/mol. The van der Waals surface area contributed by atoms with Crippen LogP contribution in [0, 0.1) is 10.1 Å². The van der Waals surface area contributed by atoms with Crippen molar-refractivity contribution >= 4 is 17.9 Å². The van der Waals surface area contributed by atoms with Crippen LogP contribution in [-0.2, 0) is 11.3 Å². The first-order valence-electron chi connectivity index (χ1n) is 6.51. The van der Waals surface area contributed by atoms with E-state index in [1.807, 2.05) is 0 Å². The molecule has 0 saturated heterocycles. The van der Waals surface area contributed by atoms with Gasteiger partial charge in [-0.05, 0) is 12.1 Å². The van der Waals surface area contributed by atoms with Crippen LogP contribution in [-0.4, -0.2) is 34.1 Å². The van der Waals surface area contributed by atoms with E-state index >= 15 is 0 Å². The molecule has 1 aromatic heterocycles. The number of methoxy groups -OCH3 is 1. The number of aromatic nitrogens is 2. The van der Waals surface area contributed by atoms with Gasteiger partial charge < -0.3 is 14.6 Å². The normalized spacial score (nSPS) is 10.3. The van der Waals surface area contributed by atoms with Gasteiger partial charge in [0.2, 0.25) is 0 Å². The number of aldehydes is 1. The summed E-state index contributed by atoms with van der Waals surface area (Å²) in [5, 5.41) is 25.7. The smallest absolute Gasteiger partial charge is 0.311 e. The van der Waals surface area contributed by atoms with E-state index in [1.54, 1.807) is 0 Å². The molecule has 1 heterocycles. The molecule has 9 nitrogen and oxygen atoms in total. The summed E-state index contributed by atoms with van der Waals surface area (Å²) in [6.07, 6.45) is 1.66. The van der Waals surface area contributed by atoms with Crippen LogP contribution in [0.25, 0.3) is 11.3 Å². The fraction of sp³-hybridized carbons (Fsp3) is 0.214. The van der Waals surface area contributed by atoms with Crippen LogP contribution >= 0.6 is 0 Å². The molecule has 0 aliphatic rings. The second-order valence-corrected chi connectivity index (χ2v) is 4.58. The number of ether oxygens (including phenoxy) is 1. The molecule has 2 rings (SSSR count). The van der Waals surface area contributed by atoms with Gasteiger partial charge in [-0.15, -0.1) is 0 Å². The highest BCUT2D eigenvalue weighted by Gasteiger charge is 2.19. The van der Waals surface area contributed by atoms with Crippen LogP contribution in [0.2, 0.25) is 0 Å². The molecule has 23 heavy (non-hydrogen) atoms. The minimum atomic E-state index is -1.24. The monoisotopic (exact) mass is 318 g/mol. The first kappa shape index (κ1) is 16.1. The SMILES string of the molecule is COc1ccc(-c2nn(CCC(=O)[O-])cc2C=O)cc1[N+](=O)[O-]. The fourth-order valence-corrected chi connectivity index (χ4v) is 2.05. The molecule has 1 aromatic carbocycles. The van der Waals surface area contributed by atoms with Gasteiger partial charge in [0, 0.05) is 36.8 Å². The number of hydrogen-bond acceptors (Lipinski definition) is 7. The molecule has 0 aliphatic carbocycles. The Hall–Kier alpha value is -3.23. The highest BCUT2D eigenvalue weighted by molar-refractivity contribution is 5.86. The minimum absolute atomic E-state index is 0.0292. The molecule has 0 amide bonds. The molecule has 2 aromatic rings. The van der Waals surface area contributed by atoms with Gasteiger partial charge in [-0.25, -0.2) is 0 Å². The molecule has 0 bridgehead atoms. The summed E-state index contributed by atoms with van der Waals surface area (Å²) >= 11 is 0. The fourth-order valence-electron chi connectivity index (χ4n) is 2.05. The Kier molecular flexibility index (Phi) is 4.69. The maximum Gasteiger partial charge on any atom is 0.311 e. The number of rotatable bonds is 7. The Morgan fingerprint density at radius 3 is 2.78 bits per heavy atom. The van der Waals surface area contributed by atoms with Crippen molar-refractivity contribution in [3.05, 3.63) is 40.1 Å². The molecule has 9 heteroatoms. The average Bonchev–Trinajstić information content (AvgIpc) is 2.95. The van der Waals surface area contributed by atoms with Crippen molar-refractivity contribution < 1.29 is 24.4 Å². The van der Waals surface area contributed by atoms with Gasteiger partial charge in [-0.1, -0.05) is 0 Å². The number of hydrogen-bond donors (Lipinski definition) is 0. The zero-order chi connectivity index (χ0) is 17.0. The number of carboxylic acids is 1. The van der Waals surface area contributed by atoms with Crippen molar-refractivity contribution in [1.82, 2.24) is 9.78 Å². The van der Waals surface area contributed by atoms with Gasteiger partial charge in [0.25, 0.3) is 0 Å². The number of nitro benzene ring substituents is 1. The second-order valence-electron chi connectivity index (χ2n) is 4.58. The number of benzene rings is 1. The molecular formula is C14H12N3O6-. The molecule has 0 fully saturated rings. The molecule has 0 unspecified atom stereocenters. The molecule has 0 spiro atoms. The maximum absolute atomic E-state index is 11.2. The number of nitro groups is 1. The molecule has 0 aliphatic heterocycles. The molecular weight excluding hydrogens is 306 g/mol. The third kappa shape index (κ3) is 3.51. The highest BCUT2D eigenvalue weighted by Crippen LogP contribution is 2.32. The number of carbonyl (C=O) groups is 2. The lowest BCUT2D eigenvalue weighted by molar-refractivity contribution is -0.385. The Bertz CT molecular complexity index is 768. The van der Waals surface area contributed by atoms with E-state index in [0.29, 0.717) is 11.8 Å². The van der Waals surface area contributed by atoms with Crippen LogP contribution in [0.4, 0.5) is 5.69 Å². The quantitative estimate of drug-likeness (QED) is 0.411. The first-order chi connectivity index (χ1) is 11.0. The lowest BCUT2D eigenvalue weighted by Crippen LogP contribution is -2.23. The van der Waals surface area contributed by atoms with Gasteiger partial charge >= 0.3 is 5.69 Å².